The minimum absolute atomic E-state index is 0.0481. The predicted octanol–water partition coefficient (Wildman–Crippen LogP) is 2.32. The van der Waals surface area contributed by atoms with E-state index in [0.29, 0.717) is 0 Å². The highest BCUT2D eigenvalue weighted by atomic mass is 16.1. The van der Waals surface area contributed by atoms with Gasteiger partial charge in [0.15, 0.2) is 0 Å². The Labute approximate surface area is 62.1 Å². The van der Waals surface area contributed by atoms with Crippen LogP contribution in [0.4, 0.5) is 0 Å². The maximum Gasteiger partial charge on any atom is 0.126 e. The molecule has 1 nitrogen and oxygen atoms in total. The molecule has 1 heteroatoms. The fraction of sp³-hybridized carbons (Fsp3) is 0.667. The lowest BCUT2D eigenvalue weighted by Gasteiger charge is -2.35. The summed E-state index contributed by atoms with van der Waals surface area (Å²) in [7, 11) is 0. The first-order valence-electron chi connectivity index (χ1n) is 3.90. The van der Waals surface area contributed by atoms with Crippen molar-refractivity contribution in [2.75, 3.05) is 0 Å². The quantitative estimate of drug-likeness (QED) is 0.432. The van der Waals surface area contributed by atoms with Crippen LogP contribution >= 0.6 is 0 Å². The lowest BCUT2D eigenvalue weighted by atomic mass is 9.68. The Morgan fingerprint density at radius 1 is 1.50 bits per heavy atom. The Kier molecular flexibility index (Phi) is 2.25. The number of carbonyl (C=O) groups is 1. The molecule has 1 saturated carbocycles. The smallest absolute Gasteiger partial charge is 0.126 e. The molecule has 1 fully saturated rings. The molecule has 1 aliphatic rings. The van der Waals surface area contributed by atoms with Crippen molar-refractivity contribution in [3.05, 3.63) is 12.2 Å². The maximum atomic E-state index is 10.6. The van der Waals surface area contributed by atoms with Crippen molar-refractivity contribution in [2.45, 2.75) is 32.6 Å². The average Bonchev–Trinajstić information content (AvgIpc) is 1.87. The molecule has 0 radical (unpaired) electrons. The summed E-state index contributed by atoms with van der Waals surface area (Å²) < 4.78 is 0. The van der Waals surface area contributed by atoms with Gasteiger partial charge in [-0.25, -0.2) is 0 Å². The molecule has 10 heavy (non-hydrogen) atoms. The third-order valence-electron chi connectivity index (χ3n) is 2.36. The zero-order valence-corrected chi connectivity index (χ0v) is 6.47. The first kappa shape index (κ1) is 7.52. The van der Waals surface area contributed by atoms with Gasteiger partial charge in [0.25, 0.3) is 0 Å². The standard InChI is InChI=1S/C9H14O/c1-2-3-5-9(8-10)6-4-7-9/h2-3,8H,4-7H2,1H3. The molecule has 0 aromatic rings. The molecule has 0 bridgehead atoms. The minimum Gasteiger partial charge on any atom is -0.303 e. The second kappa shape index (κ2) is 3.00. The Balaban J connectivity index is 2.40. The lowest BCUT2D eigenvalue weighted by Crippen LogP contribution is -2.30. The average molecular weight is 138 g/mol. The van der Waals surface area contributed by atoms with Crippen molar-refractivity contribution < 1.29 is 4.79 Å². The van der Waals surface area contributed by atoms with Crippen LogP contribution < -0.4 is 0 Å². The monoisotopic (exact) mass is 138 g/mol. The van der Waals surface area contributed by atoms with Crippen LogP contribution in [-0.2, 0) is 4.79 Å². The summed E-state index contributed by atoms with van der Waals surface area (Å²) >= 11 is 0. The fourth-order valence-electron chi connectivity index (χ4n) is 1.35. The number of carbonyl (C=O) groups excluding carboxylic acids is 1. The van der Waals surface area contributed by atoms with Gasteiger partial charge in [-0.1, -0.05) is 18.6 Å². The van der Waals surface area contributed by atoms with Crippen molar-refractivity contribution in [3.8, 4) is 0 Å². The predicted molar refractivity (Wildman–Crippen MR) is 41.8 cm³/mol. The van der Waals surface area contributed by atoms with Crippen LogP contribution in [0.15, 0.2) is 12.2 Å². The summed E-state index contributed by atoms with van der Waals surface area (Å²) in [6, 6.07) is 0. The molecule has 0 spiro atoms. The van der Waals surface area contributed by atoms with E-state index in [1.807, 2.05) is 13.0 Å². The summed E-state index contributed by atoms with van der Waals surface area (Å²) in [5.74, 6) is 0. The number of rotatable bonds is 3. The van der Waals surface area contributed by atoms with Crippen molar-refractivity contribution in [3.63, 3.8) is 0 Å². The van der Waals surface area contributed by atoms with E-state index >= 15 is 0 Å². The number of allylic oxidation sites excluding steroid dienone is 2. The summed E-state index contributed by atoms with van der Waals surface area (Å²) in [5.41, 5.74) is 0.0481. The summed E-state index contributed by atoms with van der Waals surface area (Å²) in [5, 5.41) is 0. The van der Waals surface area contributed by atoms with Gasteiger partial charge in [0.05, 0.1) is 0 Å². The van der Waals surface area contributed by atoms with E-state index in [0.717, 1.165) is 25.5 Å². The molecule has 1 rings (SSSR count). The first-order valence-corrected chi connectivity index (χ1v) is 3.90. The normalized spacial score (nSPS) is 22.5. The highest BCUT2D eigenvalue weighted by Gasteiger charge is 2.34. The zero-order chi connectivity index (χ0) is 7.45. The van der Waals surface area contributed by atoms with E-state index in [2.05, 4.69) is 6.08 Å². The van der Waals surface area contributed by atoms with Crippen molar-refractivity contribution >= 4 is 6.29 Å². The topological polar surface area (TPSA) is 17.1 Å². The van der Waals surface area contributed by atoms with Gasteiger partial charge in [-0.3, -0.25) is 0 Å². The molecule has 0 unspecified atom stereocenters. The molecule has 0 aromatic carbocycles. The Hall–Kier alpha value is -0.590. The van der Waals surface area contributed by atoms with Gasteiger partial charge in [0.2, 0.25) is 0 Å². The van der Waals surface area contributed by atoms with Gasteiger partial charge in [-0.05, 0) is 26.2 Å². The first-order chi connectivity index (χ1) is 4.83. The summed E-state index contributed by atoms with van der Waals surface area (Å²) in [6.45, 7) is 2.00. The summed E-state index contributed by atoms with van der Waals surface area (Å²) in [6.07, 6.45) is 9.62. The lowest BCUT2D eigenvalue weighted by molar-refractivity contribution is -0.120. The Bertz CT molecular complexity index is 143. The van der Waals surface area contributed by atoms with Crippen LogP contribution in [0.25, 0.3) is 0 Å². The highest BCUT2D eigenvalue weighted by molar-refractivity contribution is 5.61. The van der Waals surface area contributed by atoms with Gasteiger partial charge < -0.3 is 4.79 Å². The van der Waals surface area contributed by atoms with E-state index in [1.54, 1.807) is 0 Å². The number of aldehydes is 1. The van der Waals surface area contributed by atoms with Gasteiger partial charge in [-0.15, -0.1) is 0 Å². The molecular formula is C9H14O. The van der Waals surface area contributed by atoms with Crippen LogP contribution in [-0.4, -0.2) is 6.29 Å². The van der Waals surface area contributed by atoms with Crippen LogP contribution in [0.3, 0.4) is 0 Å². The Morgan fingerprint density at radius 2 is 2.20 bits per heavy atom. The fourth-order valence-corrected chi connectivity index (χ4v) is 1.35. The molecule has 0 aromatic heterocycles. The highest BCUT2D eigenvalue weighted by Crippen LogP contribution is 2.42. The van der Waals surface area contributed by atoms with Gasteiger partial charge in [0.1, 0.15) is 6.29 Å². The van der Waals surface area contributed by atoms with Gasteiger partial charge >= 0.3 is 0 Å². The SMILES string of the molecule is CC=CCC1(C=O)CCC1. The second-order valence-electron chi connectivity index (χ2n) is 3.11. The van der Waals surface area contributed by atoms with Crippen molar-refractivity contribution in [2.24, 2.45) is 5.41 Å². The molecule has 0 atom stereocenters. The van der Waals surface area contributed by atoms with Crippen LogP contribution in [0, 0.1) is 5.41 Å². The van der Waals surface area contributed by atoms with Gasteiger partial charge in [0, 0.05) is 5.41 Å². The Morgan fingerprint density at radius 3 is 2.50 bits per heavy atom. The van der Waals surface area contributed by atoms with E-state index < -0.39 is 0 Å². The van der Waals surface area contributed by atoms with Crippen LogP contribution in [0.5, 0.6) is 0 Å². The number of hydrogen-bond donors (Lipinski definition) is 0. The zero-order valence-electron chi connectivity index (χ0n) is 6.47. The van der Waals surface area contributed by atoms with E-state index in [9.17, 15) is 4.79 Å². The molecule has 56 valence electrons. The molecule has 0 amide bonds. The third kappa shape index (κ3) is 1.28. The van der Waals surface area contributed by atoms with E-state index in [1.165, 1.54) is 6.42 Å². The van der Waals surface area contributed by atoms with Crippen molar-refractivity contribution in [1.82, 2.24) is 0 Å². The largest absolute Gasteiger partial charge is 0.303 e. The minimum atomic E-state index is 0.0481. The third-order valence-corrected chi connectivity index (χ3v) is 2.36. The molecular weight excluding hydrogens is 124 g/mol. The number of hydrogen-bond acceptors (Lipinski definition) is 1. The van der Waals surface area contributed by atoms with Crippen molar-refractivity contribution in [1.29, 1.82) is 0 Å². The van der Waals surface area contributed by atoms with E-state index in [-0.39, 0.29) is 5.41 Å². The van der Waals surface area contributed by atoms with Crippen LogP contribution in [0.1, 0.15) is 32.6 Å². The second-order valence-corrected chi connectivity index (χ2v) is 3.11. The maximum absolute atomic E-state index is 10.6. The summed E-state index contributed by atoms with van der Waals surface area (Å²) in [4.78, 5) is 10.6. The molecule has 0 aliphatic heterocycles. The molecule has 1 aliphatic carbocycles. The molecule has 0 N–H and O–H groups in total. The molecule has 0 saturated heterocycles. The molecule has 0 heterocycles. The van der Waals surface area contributed by atoms with Crippen LogP contribution in [0.2, 0.25) is 0 Å². The van der Waals surface area contributed by atoms with E-state index in [4.69, 9.17) is 0 Å². The van der Waals surface area contributed by atoms with Gasteiger partial charge in [-0.2, -0.15) is 0 Å².